The molecule has 1 unspecified atom stereocenters. The number of nitriles is 1. The molecule has 1 atom stereocenters. The van der Waals surface area contributed by atoms with E-state index in [4.69, 9.17) is 10.00 Å². The monoisotopic (exact) mass is 335 g/mol. The molecule has 0 aliphatic carbocycles. The molecule has 0 fully saturated rings. The fourth-order valence-corrected chi connectivity index (χ4v) is 2.02. The predicted molar refractivity (Wildman–Crippen MR) is 64.1 cm³/mol. The lowest BCUT2D eigenvalue weighted by atomic mass is 9.99. The number of hydrogen-bond donors (Lipinski definition) is 0. The average molecular weight is 336 g/mol. The summed E-state index contributed by atoms with van der Waals surface area (Å²) in [5.74, 6) is -2.04. The van der Waals surface area contributed by atoms with Gasteiger partial charge in [-0.05, 0) is 24.6 Å². The summed E-state index contributed by atoms with van der Waals surface area (Å²) in [7, 11) is 0. The van der Waals surface area contributed by atoms with Crippen molar-refractivity contribution in [3.05, 3.63) is 33.8 Å². The number of esters is 1. The van der Waals surface area contributed by atoms with Gasteiger partial charge >= 0.3 is 12.1 Å². The van der Waals surface area contributed by atoms with E-state index in [0.29, 0.717) is 0 Å². The normalized spacial score (nSPS) is 12.6. The molecule has 0 bridgehead atoms. The van der Waals surface area contributed by atoms with Crippen LogP contribution in [0, 0.1) is 11.3 Å². The number of carbonyl (C=O) groups excluding carboxylic acids is 1. The zero-order chi connectivity index (χ0) is 14.6. The first kappa shape index (κ1) is 15.5. The van der Waals surface area contributed by atoms with Crippen molar-refractivity contribution in [2.75, 3.05) is 6.61 Å². The molecule has 0 N–H and O–H groups in total. The van der Waals surface area contributed by atoms with Crippen LogP contribution in [-0.2, 0) is 15.7 Å². The van der Waals surface area contributed by atoms with Gasteiger partial charge in [0.15, 0.2) is 5.92 Å². The highest BCUT2D eigenvalue weighted by Crippen LogP contribution is 2.34. The lowest BCUT2D eigenvalue weighted by Gasteiger charge is -2.13. The van der Waals surface area contributed by atoms with Crippen LogP contribution in [0.1, 0.15) is 24.0 Å². The first-order chi connectivity index (χ1) is 8.81. The van der Waals surface area contributed by atoms with Gasteiger partial charge in [0, 0.05) is 4.47 Å². The van der Waals surface area contributed by atoms with Crippen LogP contribution in [0.25, 0.3) is 0 Å². The van der Waals surface area contributed by atoms with Crippen LogP contribution in [0.5, 0.6) is 0 Å². The third-order valence-electron chi connectivity index (χ3n) is 2.29. The van der Waals surface area contributed by atoms with Gasteiger partial charge in [0.1, 0.15) is 0 Å². The highest BCUT2D eigenvalue weighted by Gasteiger charge is 2.32. The molecule has 7 heteroatoms. The van der Waals surface area contributed by atoms with Gasteiger partial charge < -0.3 is 4.74 Å². The number of halogens is 4. The summed E-state index contributed by atoms with van der Waals surface area (Å²) < 4.78 is 42.2. The standard InChI is InChI=1S/C12H9BrF3NO2/c1-2-19-11(18)9(6-17)8-4-3-7(5-10(8)13)12(14,15)16/h3-5,9H,2H2,1H3. The van der Waals surface area contributed by atoms with E-state index in [2.05, 4.69) is 15.9 Å². The fourth-order valence-electron chi connectivity index (χ4n) is 1.41. The molecule has 0 aromatic heterocycles. The zero-order valence-corrected chi connectivity index (χ0v) is 11.4. The Morgan fingerprint density at radius 1 is 1.53 bits per heavy atom. The molecule has 1 aromatic carbocycles. The van der Waals surface area contributed by atoms with Crippen molar-refractivity contribution in [3.63, 3.8) is 0 Å². The molecule has 0 aliphatic heterocycles. The van der Waals surface area contributed by atoms with Crippen molar-refractivity contribution in [1.82, 2.24) is 0 Å². The van der Waals surface area contributed by atoms with Gasteiger partial charge in [-0.2, -0.15) is 18.4 Å². The Hall–Kier alpha value is -1.55. The number of nitrogens with zero attached hydrogens (tertiary/aromatic N) is 1. The van der Waals surface area contributed by atoms with Crippen LogP contribution in [-0.4, -0.2) is 12.6 Å². The summed E-state index contributed by atoms with van der Waals surface area (Å²) >= 11 is 2.94. The van der Waals surface area contributed by atoms with Crippen molar-refractivity contribution in [2.24, 2.45) is 0 Å². The molecule has 3 nitrogen and oxygen atoms in total. The van der Waals surface area contributed by atoms with Gasteiger partial charge in [-0.25, -0.2) is 0 Å². The quantitative estimate of drug-likeness (QED) is 0.792. The molecule has 0 spiro atoms. The Bertz CT molecular complexity index is 523. The maximum absolute atomic E-state index is 12.5. The second-order valence-corrected chi connectivity index (χ2v) is 4.40. The van der Waals surface area contributed by atoms with Gasteiger partial charge in [0.2, 0.25) is 0 Å². The molecular weight excluding hydrogens is 327 g/mol. The summed E-state index contributed by atoms with van der Waals surface area (Å²) in [5.41, 5.74) is -0.711. The van der Waals surface area contributed by atoms with E-state index in [1.165, 1.54) is 0 Å². The molecule has 0 amide bonds. The van der Waals surface area contributed by atoms with Crippen LogP contribution >= 0.6 is 15.9 Å². The number of rotatable bonds is 3. The molecule has 1 aromatic rings. The molecule has 0 saturated carbocycles. The summed E-state index contributed by atoms with van der Waals surface area (Å²) in [4.78, 5) is 11.5. The highest BCUT2D eigenvalue weighted by molar-refractivity contribution is 9.10. The van der Waals surface area contributed by atoms with E-state index in [1.807, 2.05) is 0 Å². The number of carbonyl (C=O) groups is 1. The molecular formula is C12H9BrF3NO2. The van der Waals surface area contributed by atoms with E-state index >= 15 is 0 Å². The predicted octanol–water partition coefficient (Wildman–Crippen LogP) is 3.64. The molecule has 19 heavy (non-hydrogen) atoms. The van der Waals surface area contributed by atoms with Crippen LogP contribution in [0.3, 0.4) is 0 Å². The van der Waals surface area contributed by atoms with Crippen molar-refractivity contribution in [2.45, 2.75) is 19.0 Å². The van der Waals surface area contributed by atoms with Crippen LogP contribution < -0.4 is 0 Å². The third kappa shape index (κ3) is 3.70. The Morgan fingerprint density at radius 2 is 2.16 bits per heavy atom. The van der Waals surface area contributed by atoms with E-state index in [0.717, 1.165) is 18.2 Å². The lowest BCUT2D eigenvalue weighted by molar-refractivity contribution is -0.143. The van der Waals surface area contributed by atoms with Gasteiger partial charge in [0.25, 0.3) is 0 Å². The highest BCUT2D eigenvalue weighted by atomic mass is 79.9. The van der Waals surface area contributed by atoms with E-state index in [-0.39, 0.29) is 16.6 Å². The fraction of sp³-hybridized carbons (Fsp3) is 0.333. The van der Waals surface area contributed by atoms with Gasteiger partial charge in [-0.3, -0.25) is 4.79 Å². The van der Waals surface area contributed by atoms with Crippen molar-refractivity contribution >= 4 is 21.9 Å². The first-order valence-electron chi connectivity index (χ1n) is 5.24. The van der Waals surface area contributed by atoms with Gasteiger partial charge in [0.05, 0.1) is 18.2 Å². The zero-order valence-electron chi connectivity index (χ0n) is 9.79. The van der Waals surface area contributed by atoms with Gasteiger partial charge in [-0.15, -0.1) is 0 Å². The summed E-state index contributed by atoms with van der Waals surface area (Å²) in [6.07, 6.45) is -4.48. The second kappa shape index (κ2) is 6.06. The van der Waals surface area contributed by atoms with E-state index in [9.17, 15) is 18.0 Å². The molecule has 0 aliphatic rings. The van der Waals surface area contributed by atoms with Crippen LogP contribution in [0.4, 0.5) is 13.2 Å². The first-order valence-corrected chi connectivity index (χ1v) is 6.03. The largest absolute Gasteiger partial charge is 0.465 e. The number of ether oxygens (including phenoxy) is 1. The Labute approximate surface area is 116 Å². The Kier molecular flexibility index (Phi) is 4.95. The Balaban J connectivity index is 3.15. The minimum Gasteiger partial charge on any atom is -0.465 e. The van der Waals surface area contributed by atoms with Crippen LogP contribution in [0.15, 0.2) is 22.7 Å². The smallest absolute Gasteiger partial charge is 0.416 e. The molecule has 0 radical (unpaired) electrons. The summed E-state index contributed by atoms with van der Waals surface area (Å²) in [6, 6.07) is 4.47. The SMILES string of the molecule is CCOC(=O)C(C#N)c1ccc(C(F)(F)F)cc1Br. The maximum atomic E-state index is 12.5. The minimum atomic E-state index is -4.48. The number of hydrogen-bond acceptors (Lipinski definition) is 3. The molecule has 0 saturated heterocycles. The minimum absolute atomic E-state index is 0.0435. The van der Waals surface area contributed by atoms with Crippen molar-refractivity contribution < 1.29 is 22.7 Å². The average Bonchev–Trinajstić information content (AvgIpc) is 2.31. The third-order valence-corrected chi connectivity index (χ3v) is 2.98. The molecule has 0 heterocycles. The number of alkyl halides is 3. The summed E-state index contributed by atoms with van der Waals surface area (Å²) in [6.45, 7) is 1.67. The lowest BCUT2D eigenvalue weighted by Crippen LogP contribution is -2.15. The topological polar surface area (TPSA) is 50.1 Å². The Morgan fingerprint density at radius 3 is 2.58 bits per heavy atom. The second-order valence-electron chi connectivity index (χ2n) is 3.55. The number of benzene rings is 1. The van der Waals surface area contributed by atoms with E-state index < -0.39 is 23.6 Å². The van der Waals surface area contributed by atoms with Crippen molar-refractivity contribution in [1.29, 1.82) is 5.26 Å². The molecule has 102 valence electrons. The maximum Gasteiger partial charge on any atom is 0.416 e. The van der Waals surface area contributed by atoms with Crippen LogP contribution in [0.2, 0.25) is 0 Å². The molecule has 1 rings (SSSR count). The summed E-state index contributed by atoms with van der Waals surface area (Å²) in [5, 5.41) is 8.94. The van der Waals surface area contributed by atoms with Gasteiger partial charge in [-0.1, -0.05) is 22.0 Å². The van der Waals surface area contributed by atoms with E-state index in [1.54, 1.807) is 13.0 Å². The van der Waals surface area contributed by atoms with Crippen molar-refractivity contribution in [3.8, 4) is 6.07 Å².